The lowest BCUT2D eigenvalue weighted by Crippen LogP contribution is -2.25. The van der Waals surface area contributed by atoms with Gasteiger partial charge in [-0.25, -0.2) is 9.97 Å². The molecule has 0 atom stereocenters. The second-order valence-corrected chi connectivity index (χ2v) is 4.24. The molecule has 0 unspecified atom stereocenters. The minimum atomic E-state index is -4.14. The van der Waals surface area contributed by atoms with E-state index in [-0.39, 0.29) is 13.1 Å². The number of alkyl halides is 3. The van der Waals surface area contributed by atoms with Crippen LogP contribution >= 0.6 is 11.6 Å². The molecule has 0 saturated carbocycles. The number of aromatic nitrogens is 2. The Morgan fingerprint density at radius 3 is 2.53 bits per heavy atom. The molecule has 96 valence electrons. The molecule has 17 heavy (non-hydrogen) atoms. The Morgan fingerprint density at radius 1 is 1.35 bits per heavy atom. The first-order valence-electron chi connectivity index (χ1n) is 5.01. The third kappa shape index (κ3) is 5.83. The van der Waals surface area contributed by atoms with Crippen LogP contribution in [0.5, 0.6) is 0 Å². The van der Waals surface area contributed by atoms with Gasteiger partial charge < -0.3 is 0 Å². The lowest BCUT2D eigenvalue weighted by Gasteiger charge is -2.16. The number of hydrogen-bond donors (Lipinski definition) is 0. The maximum Gasteiger partial charge on any atom is 0.390 e. The molecule has 0 bridgehead atoms. The van der Waals surface area contributed by atoms with Crippen LogP contribution in [0.15, 0.2) is 6.07 Å². The minimum absolute atomic E-state index is 0.0849. The van der Waals surface area contributed by atoms with Crippen molar-refractivity contribution in [3.8, 4) is 0 Å². The zero-order valence-corrected chi connectivity index (χ0v) is 10.3. The number of hydrogen-bond acceptors (Lipinski definition) is 3. The first-order valence-corrected chi connectivity index (χ1v) is 5.39. The van der Waals surface area contributed by atoms with Crippen molar-refractivity contribution in [1.29, 1.82) is 0 Å². The Balaban J connectivity index is 2.53. The third-order valence-corrected chi connectivity index (χ3v) is 2.25. The number of halogens is 4. The van der Waals surface area contributed by atoms with E-state index in [1.54, 1.807) is 20.0 Å². The van der Waals surface area contributed by atoms with Crippen molar-refractivity contribution in [2.24, 2.45) is 0 Å². The highest BCUT2D eigenvalue weighted by Gasteiger charge is 2.27. The maximum atomic E-state index is 12.0. The molecule has 1 heterocycles. The molecule has 1 aromatic rings. The SMILES string of the molecule is Cc1cc(Cl)nc(CN(C)CCC(F)(F)F)n1. The summed E-state index contributed by atoms with van der Waals surface area (Å²) in [6.07, 6.45) is -4.98. The zero-order chi connectivity index (χ0) is 13.1. The predicted octanol–water partition coefficient (Wildman–Crippen LogP) is 2.82. The summed E-state index contributed by atoms with van der Waals surface area (Å²) in [7, 11) is 1.59. The van der Waals surface area contributed by atoms with Gasteiger partial charge in [0.15, 0.2) is 0 Å². The molecule has 0 radical (unpaired) electrons. The van der Waals surface area contributed by atoms with Gasteiger partial charge >= 0.3 is 6.18 Å². The molecular formula is C10H13ClF3N3. The van der Waals surface area contributed by atoms with Crippen LogP contribution in [0, 0.1) is 6.92 Å². The molecule has 1 aromatic heterocycles. The second-order valence-electron chi connectivity index (χ2n) is 3.85. The third-order valence-electron chi connectivity index (χ3n) is 2.06. The summed E-state index contributed by atoms with van der Waals surface area (Å²) in [4.78, 5) is 9.56. The van der Waals surface area contributed by atoms with E-state index in [1.165, 1.54) is 4.90 Å². The fourth-order valence-electron chi connectivity index (χ4n) is 1.30. The van der Waals surface area contributed by atoms with Gasteiger partial charge in [0.25, 0.3) is 0 Å². The summed E-state index contributed by atoms with van der Waals surface area (Å²) in [5.41, 5.74) is 0.698. The standard InChI is InChI=1S/C10H13ClF3N3/c1-7-5-8(11)16-9(15-7)6-17(2)4-3-10(12,13)14/h5H,3-4,6H2,1-2H3. The Labute approximate surface area is 103 Å². The van der Waals surface area contributed by atoms with Crippen LogP contribution in [-0.4, -0.2) is 34.6 Å². The highest BCUT2D eigenvalue weighted by atomic mass is 35.5. The molecule has 0 aliphatic rings. The van der Waals surface area contributed by atoms with Crippen LogP contribution in [0.2, 0.25) is 5.15 Å². The molecule has 3 nitrogen and oxygen atoms in total. The smallest absolute Gasteiger partial charge is 0.299 e. The van der Waals surface area contributed by atoms with Gasteiger partial charge in [-0.2, -0.15) is 13.2 Å². The van der Waals surface area contributed by atoms with Crippen LogP contribution in [0.4, 0.5) is 13.2 Å². The van der Waals surface area contributed by atoms with Gasteiger partial charge in [0.05, 0.1) is 13.0 Å². The van der Waals surface area contributed by atoms with Crippen molar-refractivity contribution in [2.45, 2.75) is 26.1 Å². The lowest BCUT2D eigenvalue weighted by molar-refractivity contribution is -0.137. The molecule has 0 aromatic carbocycles. The Hall–Kier alpha value is -0.880. The minimum Gasteiger partial charge on any atom is -0.299 e. The largest absolute Gasteiger partial charge is 0.390 e. The van der Waals surface area contributed by atoms with Gasteiger partial charge in [-0.15, -0.1) is 0 Å². The Bertz CT molecular complexity index is 361. The van der Waals surface area contributed by atoms with Crippen molar-refractivity contribution < 1.29 is 13.2 Å². The van der Waals surface area contributed by atoms with E-state index in [9.17, 15) is 13.2 Å². The highest BCUT2D eigenvalue weighted by Crippen LogP contribution is 2.19. The average Bonchev–Trinajstić information content (AvgIpc) is 2.11. The van der Waals surface area contributed by atoms with E-state index >= 15 is 0 Å². The summed E-state index contributed by atoms with van der Waals surface area (Å²) >= 11 is 5.73. The summed E-state index contributed by atoms with van der Waals surface area (Å²) < 4.78 is 36.0. The van der Waals surface area contributed by atoms with E-state index in [2.05, 4.69) is 9.97 Å². The van der Waals surface area contributed by atoms with Crippen molar-refractivity contribution in [3.63, 3.8) is 0 Å². The summed E-state index contributed by atoms with van der Waals surface area (Å²) in [5.74, 6) is 0.430. The summed E-state index contributed by atoms with van der Waals surface area (Å²) in [5, 5.41) is 0.303. The van der Waals surface area contributed by atoms with Crippen LogP contribution in [-0.2, 0) is 6.54 Å². The lowest BCUT2D eigenvalue weighted by atomic mass is 10.3. The molecule has 0 aliphatic carbocycles. The topological polar surface area (TPSA) is 29.0 Å². The zero-order valence-electron chi connectivity index (χ0n) is 9.55. The summed E-state index contributed by atoms with van der Waals surface area (Å²) in [6.45, 7) is 1.92. The molecule has 0 aliphatic heterocycles. The van der Waals surface area contributed by atoms with Gasteiger partial charge in [0.1, 0.15) is 11.0 Å². The monoisotopic (exact) mass is 267 g/mol. The van der Waals surface area contributed by atoms with E-state index in [0.717, 1.165) is 0 Å². The highest BCUT2D eigenvalue weighted by molar-refractivity contribution is 6.29. The molecule has 1 rings (SSSR count). The normalized spacial score (nSPS) is 12.2. The van der Waals surface area contributed by atoms with Crippen LogP contribution < -0.4 is 0 Å². The first kappa shape index (κ1) is 14.2. The molecule has 7 heteroatoms. The van der Waals surface area contributed by atoms with Gasteiger partial charge in [-0.1, -0.05) is 11.6 Å². The predicted molar refractivity (Wildman–Crippen MR) is 58.8 cm³/mol. The van der Waals surface area contributed by atoms with E-state index < -0.39 is 12.6 Å². The second kappa shape index (κ2) is 5.64. The van der Waals surface area contributed by atoms with E-state index in [1.807, 2.05) is 0 Å². The van der Waals surface area contributed by atoms with Gasteiger partial charge in [0, 0.05) is 12.2 Å². The fraction of sp³-hybridized carbons (Fsp3) is 0.600. The van der Waals surface area contributed by atoms with Crippen molar-refractivity contribution >= 4 is 11.6 Å². The number of nitrogens with zero attached hydrogens (tertiary/aromatic N) is 3. The van der Waals surface area contributed by atoms with Crippen LogP contribution in [0.25, 0.3) is 0 Å². The Kier molecular flexibility index (Phi) is 4.70. The van der Waals surface area contributed by atoms with Gasteiger partial charge in [0.2, 0.25) is 0 Å². The fourth-order valence-corrected chi connectivity index (χ4v) is 1.55. The Morgan fingerprint density at radius 2 is 2.00 bits per heavy atom. The molecule has 0 N–H and O–H groups in total. The van der Waals surface area contributed by atoms with Crippen molar-refractivity contribution in [2.75, 3.05) is 13.6 Å². The average molecular weight is 268 g/mol. The van der Waals surface area contributed by atoms with Gasteiger partial charge in [-0.3, -0.25) is 4.90 Å². The van der Waals surface area contributed by atoms with E-state index in [4.69, 9.17) is 11.6 Å². The van der Waals surface area contributed by atoms with Crippen molar-refractivity contribution in [3.05, 3.63) is 22.7 Å². The number of aryl methyl sites for hydroxylation is 1. The molecule has 0 saturated heterocycles. The van der Waals surface area contributed by atoms with Gasteiger partial charge in [-0.05, 0) is 20.0 Å². The van der Waals surface area contributed by atoms with E-state index in [0.29, 0.717) is 16.7 Å². The quantitative estimate of drug-likeness (QED) is 0.786. The van der Waals surface area contributed by atoms with Crippen LogP contribution in [0.1, 0.15) is 17.9 Å². The van der Waals surface area contributed by atoms with Crippen LogP contribution in [0.3, 0.4) is 0 Å². The first-order chi connectivity index (χ1) is 7.76. The number of rotatable bonds is 4. The molecular weight excluding hydrogens is 255 g/mol. The molecule has 0 fully saturated rings. The molecule has 0 amide bonds. The maximum absolute atomic E-state index is 12.0. The van der Waals surface area contributed by atoms with Crippen molar-refractivity contribution in [1.82, 2.24) is 14.9 Å². The summed E-state index contributed by atoms with van der Waals surface area (Å²) in [6, 6.07) is 1.60. The molecule has 0 spiro atoms.